The number of ether oxygens (including phenoxy) is 1. The fourth-order valence-corrected chi connectivity index (χ4v) is 4.53. The minimum atomic E-state index is -3.16. The zero-order valence-corrected chi connectivity index (χ0v) is 18.3. The number of rotatable bonds is 7. The summed E-state index contributed by atoms with van der Waals surface area (Å²) in [7, 11) is -3.16. The van der Waals surface area contributed by atoms with Crippen LogP contribution in [0.5, 0.6) is 5.75 Å². The Morgan fingerprint density at radius 1 is 1.12 bits per heavy atom. The quantitative estimate of drug-likeness (QED) is 0.601. The van der Waals surface area contributed by atoms with Crippen LogP contribution in [-0.2, 0) is 16.4 Å². The Kier molecular flexibility index (Phi) is 7.08. The third-order valence-electron chi connectivity index (χ3n) is 3.77. The van der Waals surface area contributed by atoms with Crippen LogP contribution in [0.2, 0.25) is 0 Å². The molecule has 2 aromatic carbocycles. The molecule has 7 heteroatoms. The minimum absolute atomic E-state index is 0.0951. The molecule has 0 heterocycles. The molecule has 0 spiro atoms. The summed E-state index contributed by atoms with van der Waals surface area (Å²) >= 11 is 7.08. The van der Waals surface area contributed by atoms with Crippen molar-refractivity contribution in [2.45, 2.75) is 31.3 Å². The van der Waals surface area contributed by atoms with Crippen molar-refractivity contribution < 1.29 is 13.2 Å². The first-order chi connectivity index (χ1) is 11.7. The third kappa shape index (κ3) is 5.54. The highest BCUT2D eigenvalue weighted by atomic mass is 79.9. The molecule has 0 saturated carbocycles. The molecule has 0 aliphatic heterocycles. The summed E-state index contributed by atoms with van der Waals surface area (Å²) in [4.78, 5) is 0.336. The van der Waals surface area contributed by atoms with Gasteiger partial charge in [0, 0.05) is 18.8 Å². The number of benzene rings is 2. The summed E-state index contributed by atoms with van der Waals surface area (Å²) in [5, 5.41) is 3.45. The molecule has 0 fully saturated rings. The predicted octanol–water partition coefficient (Wildman–Crippen LogP) is 4.86. The van der Waals surface area contributed by atoms with E-state index in [9.17, 15) is 8.42 Å². The maximum absolute atomic E-state index is 11.5. The van der Waals surface area contributed by atoms with Gasteiger partial charge < -0.3 is 10.1 Å². The van der Waals surface area contributed by atoms with E-state index >= 15 is 0 Å². The summed E-state index contributed by atoms with van der Waals surface area (Å²) in [6.07, 6.45) is 1.21. The molecule has 1 atom stereocenters. The fraction of sp³-hybridized carbons (Fsp3) is 0.333. The van der Waals surface area contributed by atoms with Gasteiger partial charge in [0.25, 0.3) is 0 Å². The lowest BCUT2D eigenvalue weighted by atomic mass is 10.1. The Labute approximate surface area is 166 Å². The lowest BCUT2D eigenvalue weighted by Gasteiger charge is -2.16. The molecule has 1 unspecified atom stereocenters. The summed E-state index contributed by atoms with van der Waals surface area (Å²) in [5.41, 5.74) is 2.15. The van der Waals surface area contributed by atoms with E-state index in [0.29, 0.717) is 18.0 Å². The van der Waals surface area contributed by atoms with E-state index in [4.69, 9.17) is 4.74 Å². The number of nitrogens with one attached hydrogen (secondary N) is 1. The fourth-order valence-electron chi connectivity index (χ4n) is 2.39. The van der Waals surface area contributed by atoms with Crippen LogP contribution in [0.4, 0.5) is 0 Å². The number of hydrogen-bond acceptors (Lipinski definition) is 4. The lowest BCUT2D eigenvalue weighted by Crippen LogP contribution is -2.18. The van der Waals surface area contributed by atoms with Crippen LogP contribution in [0.3, 0.4) is 0 Å². The van der Waals surface area contributed by atoms with E-state index in [1.54, 1.807) is 12.1 Å². The van der Waals surface area contributed by atoms with Gasteiger partial charge in [0.15, 0.2) is 9.84 Å². The average Bonchev–Trinajstić information content (AvgIpc) is 2.55. The molecule has 0 aliphatic carbocycles. The SMILES string of the molecule is CCOc1c(Br)cc(CNC(C)c2ccc(S(C)(=O)=O)cc2)cc1Br. The highest BCUT2D eigenvalue weighted by Gasteiger charge is 2.11. The summed E-state index contributed by atoms with van der Waals surface area (Å²) in [6.45, 7) is 5.28. The molecule has 0 saturated heterocycles. The van der Waals surface area contributed by atoms with Crippen molar-refractivity contribution >= 4 is 41.7 Å². The van der Waals surface area contributed by atoms with Crippen LogP contribution in [0.1, 0.15) is 31.0 Å². The first kappa shape index (κ1) is 20.4. The summed E-state index contributed by atoms with van der Waals surface area (Å²) in [5.74, 6) is 0.802. The Morgan fingerprint density at radius 3 is 2.16 bits per heavy atom. The predicted molar refractivity (Wildman–Crippen MR) is 108 cm³/mol. The van der Waals surface area contributed by atoms with E-state index in [2.05, 4.69) is 37.2 Å². The van der Waals surface area contributed by atoms with Gasteiger partial charge in [0.05, 0.1) is 20.4 Å². The van der Waals surface area contributed by atoms with Gasteiger partial charge in [-0.3, -0.25) is 0 Å². The molecular weight excluding hydrogens is 470 g/mol. The van der Waals surface area contributed by atoms with Crippen LogP contribution in [0, 0.1) is 0 Å². The van der Waals surface area contributed by atoms with E-state index in [1.807, 2.05) is 38.1 Å². The number of halogens is 2. The molecule has 0 bridgehead atoms. The molecule has 1 N–H and O–H groups in total. The first-order valence-electron chi connectivity index (χ1n) is 7.86. The van der Waals surface area contributed by atoms with Gasteiger partial charge >= 0.3 is 0 Å². The third-order valence-corrected chi connectivity index (χ3v) is 6.07. The zero-order valence-electron chi connectivity index (χ0n) is 14.3. The number of hydrogen-bond donors (Lipinski definition) is 1. The maximum atomic E-state index is 11.5. The largest absolute Gasteiger partial charge is 0.492 e. The topological polar surface area (TPSA) is 55.4 Å². The second-order valence-electron chi connectivity index (χ2n) is 5.77. The Bertz CT molecular complexity index is 813. The first-order valence-corrected chi connectivity index (χ1v) is 11.3. The van der Waals surface area contributed by atoms with Gasteiger partial charge in [0.1, 0.15) is 5.75 Å². The molecule has 2 rings (SSSR count). The molecular formula is C18H21Br2NO3S. The normalized spacial score (nSPS) is 12.8. The van der Waals surface area contributed by atoms with Crippen LogP contribution in [0.25, 0.3) is 0 Å². The van der Waals surface area contributed by atoms with Gasteiger partial charge in [0.2, 0.25) is 0 Å². The molecule has 0 aromatic heterocycles. The summed E-state index contributed by atoms with van der Waals surface area (Å²) in [6, 6.07) is 11.1. The summed E-state index contributed by atoms with van der Waals surface area (Å²) < 4.78 is 30.5. The minimum Gasteiger partial charge on any atom is -0.492 e. The smallest absolute Gasteiger partial charge is 0.175 e. The Morgan fingerprint density at radius 2 is 1.68 bits per heavy atom. The van der Waals surface area contributed by atoms with Crippen LogP contribution < -0.4 is 10.1 Å². The maximum Gasteiger partial charge on any atom is 0.175 e. The second kappa shape index (κ2) is 8.66. The van der Waals surface area contributed by atoms with E-state index in [-0.39, 0.29) is 6.04 Å². The van der Waals surface area contributed by atoms with E-state index < -0.39 is 9.84 Å². The molecule has 0 aliphatic rings. The molecule has 4 nitrogen and oxygen atoms in total. The highest BCUT2D eigenvalue weighted by molar-refractivity contribution is 9.11. The van der Waals surface area contributed by atoms with Crippen LogP contribution in [0.15, 0.2) is 50.2 Å². The van der Waals surface area contributed by atoms with Crippen molar-refractivity contribution in [1.82, 2.24) is 5.32 Å². The van der Waals surface area contributed by atoms with Gasteiger partial charge in [-0.15, -0.1) is 0 Å². The van der Waals surface area contributed by atoms with Gasteiger partial charge in [-0.2, -0.15) is 0 Å². The van der Waals surface area contributed by atoms with E-state index in [0.717, 1.165) is 25.8 Å². The number of sulfone groups is 1. The van der Waals surface area contributed by atoms with E-state index in [1.165, 1.54) is 6.26 Å². The lowest BCUT2D eigenvalue weighted by molar-refractivity contribution is 0.336. The van der Waals surface area contributed by atoms with Gasteiger partial charge in [-0.05, 0) is 81.1 Å². The van der Waals surface area contributed by atoms with Crippen molar-refractivity contribution in [3.63, 3.8) is 0 Å². The van der Waals surface area contributed by atoms with Crippen LogP contribution in [-0.4, -0.2) is 21.3 Å². The zero-order chi connectivity index (χ0) is 18.6. The Balaban J connectivity index is 2.06. The van der Waals surface area contributed by atoms with Crippen molar-refractivity contribution in [3.05, 3.63) is 56.5 Å². The molecule has 25 heavy (non-hydrogen) atoms. The van der Waals surface area contributed by atoms with Crippen molar-refractivity contribution in [2.24, 2.45) is 0 Å². The molecule has 2 aromatic rings. The average molecular weight is 491 g/mol. The molecule has 136 valence electrons. The van der Waals surface area contributed by atoms with Crippen molar-refractivity contribution in [3.8, 4) is 5.75 Å². The second-order valence-corrected chi connectivity index (χ2v) is 9.49. The Hall–Kier alpha value is -0.890. The van der Waals surface area contributed by atoms with Gasteiger partial charge in [-0.25, -0.2) is 8.42 Å². The molecule has 0 radical (unpaired) electrons. The monoisotopic (exact) mass is 489 g/mol. The van der Waals surface area contributed by atoms with Gasteiger partial charge in [-0.1, -0.05) is 12.1 Å². The van der Waals surface area contributed by atoms with Crippen molar-refractivity contribution in [2.75, 3.05) is 12.9 Å². The standard InChI is InChI=1S/C18H21Br2NO3S/c1-4-24-18-16(19)9-13(10-17(18)20)11-21-12(2)14-5-7-15(8-6-14)25(3,22)23/h5-10,12,21H,4,11H2,1-3H3. The van der Waals surface area contributed by atoms with Crippen molar-refractivity contribution in [1.29, 1.82) is 0 Å². The molecule has 0 amide bonds. The highest BCUT2D eigenvalue weighted by Crippen LogP contribution is 2.34. The van der Waals surface area contributed by atoms with Crippen LogP contribution >= 0.6 is 31.9 Å².